The van der Waals surface area contributed by atoms with Crippen LogP contribution in [0.2, 0.25) is 0 Å². The zero-order chi connectivity index (χ0) is 16.9. The van der Waals surface area contributed by atoms with Gasteiger partial charge in [0.2, 0.25) is 0 Å². The Morgan fingerprint density at radius 2 is 2.04 bits per heavy atom. The quantitative estimate of drug-likeness (QED) is 0.279. The summed E-state index contributed by atoms with van der Waals surface area (Å²) in [7, 11) is 0. The number of nitrogens with two attached hydrogens (primary N) is 1. The standard InChI is InChI=1S/C16H24N4O2S/c1-2-3-11-18-16(21)22-12-7-10-14(19-20-15(17)23)13-8-5-4-6-9-13/h4-6,8-9H,2-3,7,10-12H2,1H3,(H,18,21)(H3,17,20,23)/b19-14+. The molecule has 0 atom stereocenters. The van der Waals surface area contributed by atoms with E-state index in [1.165, 1.54) is 0 Å². The van der Waals surface area contributed by atoms with Gasteiger partial charge in [-0.05, 0) is 37.0 Å². The second-order valence-corrected chi connectivity index (χ2v) is 5.36. The van der Waals surface area contributed by atoms with Crippen molar-refractivity contribution in [3.63, 3.8) is 0 Å². The molecule has 0 radical (unpaired) electrons. The molecule has 1 aromatic rings. The van der Waals surface area contributed by atoms with Crippen LogP contribution in [0.5, 0.6) is 0 Å². The predicted octanol–water partition coefficient (Wildman–Crippen LogP) is 2.53. The number of thiocarbonyl (C=S) groups is 1. The molecule has 1 rings (SSSR count). The molecule has 4 N–H and O–H groups in total. The van der Waals surface area contributed by atoms with E-state index in [0.29, 0.717) is 26.0 Å². The molecule has 1 aromatic carbocycles. The molecule has 6 nitrogen and oxygen atoms in total. The van der Waals surface area contributed by atoms with E-state index < -0.39 is 0 Å². The van der Waals surface area contributed by atoms with E-state index in [4.69, 9.17) is 22.7 Å². The van der Waals surface area contributed by atoms with Crippen molar-refractivity contribution in [3.8, 4) is 0 Å². The number of alkyl carbamates (subject to hydrolysis) is 1. The van der Waals surface area contributed by atoms with E-state index in [2.05, 4.69) is 22.8 Å². The van der Waals surface area contributed by atoms with E-state index in [9.17, 15) is 4.79 Å². The lowest BCUT2D eigenvalue weighted by molar-refractivity contribution is 0.145. The van der Waals surface area contributed by atoms with Crippen LogP contribution < -0.4 is 16.5 Å². The second kappa shape index (κ2) is 11.4. The number of ether oxygens (including phenoxy) is 1. The molecule has 0 saturated heterocycles. The number of amides is 1. The first-order chi connectivity index (χ1) is 11.1. The Morgan fingerprint density at radius 1 is 1.30 bits per heavy atom. The Morgan fingerprint density at radius 3 is 2.70 bits per heavy atom. The van der Waals surface area contributed by atoms with Crippen LogP contribution in [0.1, 0.15) is 38.2 Å². The van der Waals surface area contributed by atoms with Gasteiger partial charge in [0.1, 0.15) is 0 Å². The van der Waals surface area contributed by atoms with Crippen LogP contribution in [-0.2, 0) is 4.74 Å². The van der Waals surface area contributed by atoms with Crippen molar-refractivity contribution in [2.24, 2.45) is 10.8 Å². The molecule has 0 aliphatic heterocycles. The fourth-order valence-corrected chi connectivity index (χ4v) is 1.89. The highest BCUT2D eigenvalue weighted by molar-refractivity contribution is 7.80. The molecule has 0 spiro atoms. The van der Waals surface area contributed by atoms with Crippen LogP contribution in [0.15, 0.2) is 35.4 Å². The lowest BCUT2D eigenvalue weighted by atomic mass is 10.1. The van der Waals surface area contributed by atoms with Gasteiger partial charge >= 0.3 is 6.09 Å². The Labute approximate surface area is 142 Å². The van der Waals surface area contributed by atoms with Crippen LogP contribution in [0, 0.1) is 0 Å². The molecule has 0 heterocycles. The predicted molar refractivity (Wildman–Crippen MR) is 96.4 cm³/mol. The third kappa shape index (κ3) is 8.77. The fourth-order valence-electron chi connectivity index (χ4n) is 1.84. The van der Waals surface area contributed by atoms with Crippen LogP contribution in [-0.4, -0.2) is 30.1 Å². The van der Waals surface area contributed by atoms with Gasteiger partial charge in [-0.25, -0.2) is 4.79 Å². The number of carbonyl (C=O) groups is 1. The number of hydrogen-bond acceptors (Lipinski definition) is 4. The van der Waals surface area contributed by atoms with Gasteiger partial charge < -0.3 is 15.8 Å². The molecule has 0 aromatic heterocycles. The fraction of sp³-hybridized carbons (Fsp3) is 0.438. The van der Waals surface area contributed by atoms with Gasteiger partial charge in [-0.3, -0.25) is 5.43 Å². The summed E-state index contributed by atoms with van der Waals surface area (Å²) in [6.45, 7) is 3.04. The van der Waals surface area contributed by atoms with Gasteiger partial charge in [0.25, 0.3) is 0 Å². The summed E-state index contributed by atoms with van der Waals surface area (Å²) in [5.41, 5.74) is 9.80. The molecule has 126 valence electrons. The first kappa shape index (κ1) is 18.9. The molecule has 0 bridgehead atoms. The first-order valence-electron chi connectivity index (χ1n) is 7.71. The minimum absolute atomic E-state index is 0.116. The van der Waals surface area contributed by atoms with Crippen LogP contribution in [0.3, 0.4) is 0 Å². The van der Waals surface area contributed by atoms with Crippen molar-refractivity contribution in [2.75, 3.05) is 13.2 Å². The van der Waals surface area contributed by atoms with Gasteiger partial charge in [-0.2, -0.15) is 5.10 Å². The van der Waals surface area contributed by atoms with Crippen molar-refractivity contribution in [3.05, 3.63) is 35.9 Å². The van der Waals surface area contributed by atoms with Gasteiger partial charge in [-0.1, -0.05) is 43.7 Å². The Kier molecular flexibility index (Phi) is 9.38. The highest BCUT2D eigenvalue weighted by atomic mass is 32.1. The molecule has 0 saturated carbocycles. The van der Waals surface area contributed by atoms with Crippen molar-refractivity contribution >= 4 is 29.1 Å². The van der Waals surface area contributed by atoms with E-state index in [1.54, 1.807) is 0 Å². The number of rotatable bonds is 9. The molecular weight excluding hydrogens is 312 g/mol. The average Bonchev–Trinajstić information content (AvgIpc) is 2.55. The van der Waals surface area contributed by atoms with Gasteiger partial charge in [-0.15, -0.1) is 0 Å². The lowest BCUT2D eigenvalue weighted by Gasteiger charge is -2.09. The molecule has 23 heavy (non-hydrogen) atoms. The van der Waals surface area contributed by atoms with E-state index in [-0.39, 0.29) is 11.2 Å². The minimum atomic E-state index is -0.377. The molecule has 7 heteroatoms. The third-order valence-electron chi connectivity index (χ3n) is 3.00. The summed E-state index contributed by atoms with van der Waals surface area (Å²) in [4.78, 5) is 11.4. The number of hydrazone groups is 1. The van der Waals surface area contributed by atoms with Gasteiger partial charge in [0.05, 0.1) is 12.3 Å². The Bertz CT molecular complexity index is 520. The SMILES string of the molecule is CCCCNC(=O)OCCC/C(=N\NC(N)=S)c1ccccc1. The summed E-state index contributed by atoms with van der Waals surface area (Å²) in [5.74, 6) is 0. The largest absolute Gasteiger partial charge is 0.450 e. The number of carbonyl (C=O) groups excluding carboxylic acids is 1. The number of benzene rings is 1. The molecular formula is C16H24N4O2S. The minimum Gasteiger partial charge on any atom is -0.450 e. The summed E-state index contributed by atoms with van der Waals surface area (Å²) in [6.07, 6.45) is 2.91. The average molecular weight is 336 g/mol. The summed E-state index contributed by atoms with van der Waals surface area (Å²) in [6, 6.07) is 9.72. The number of nitrogens with zero attached hydrogens (tertiary/aromatic N) is 1. The Hall–Kier alpha value is -2.15. The topological polar surface area (TPSA) is 88.7 Å². The zero-order valence-electron chi connectivity index (χ0n) is 13.4. The lowest BCUT2D eigenvalue weighted by Crippen LogP contribution is -2.26. The maximum Gasteiger partial charge on any atom is 0.407 e. The van der Waals surface area contributed by atoms with Gasteiger partial charge in [0.15, 0.2) is 5.11 Å². The maximum absolute atomic E-state index is 11.4. The second-order valence-electron chi connectivity index (χ2n) is 4.92. The summed E-state index contributed by atoms with van der Waals surface area (Å²) < 4.78 is 5.12. The highest BCUT2D eigenvalue weighted by Gasteiger charge is 2.05. The smallest absolute Gasteiger partial charge is 0.407 e. The van der Waals surface area contributed by atoms with Crippen LogP contribution in [0.4, 0.5) is 4.79 Å². The van der Waals surface area contributed by atoms with E-state index in [1.807, 2.05) is 30.3 Å². The molecule has 0 aliphatic rings. The first-order valence-corrected chi connectivity index (χ1v) is 8.12. The Balaban J connectivity index is 2.42. The monoisotopic (exact) mass is 336 g/mol. The third-order valence-corrected chi connectivity index (χ3v) is 3.09. The summed E-state index contributed by atoms with van der Waals surface area (Å²) >= 11 is 4.77. The van der Waals surface area contributed by atoms with E-state index >= 15 is 0 Å². The van der Waals surface area contributed by atoms with Crippen LogP contribution in [0.25, 0.3) is 0 Å². The van der Waals surface area contributed by atoms with Crippen molar-refractivity contribution in [1.29, 1.82) is 0 Å². The summed E-state index contributed by atoms with van der Waals surface area (Å²) in [5, 5.41) is 7.04. The number of nitrogens with one attached hydrogen (secondary N) is 2. The van der Waals surface area contributed by atoms with Gasteiger partial charge in [0, 0.05) is 6.54 Å². The van der Waals surface area contributed by atoms with Crippen molar-refractivity contribution < 1.29 is 9.53 Å². The number of unbranched alkanes of at least 4 members (excludes halogenated alkanes) is 1. The zero-order valence-corrected chi connectivity index (χ0v) is 14.2. The van der Waals surface area contributed by atoms with E-state index in [0.717, 1.165) is 24.1 Å². The molecule has 0 fully saturated rings. The highest BCUT2D eigenvalue weighted by Crippen LogP contribution is 2.06. The van der Waals surface area contributed by atoms with Crippen molar-refractivity contribution in [2.45, 2.75) is 32.6 Å². The normalized spacial score (nSPS) is 10.9. The molecule has 1 amide bonds. The van der Waals surface area contributed by atoms with Crippen molar-refractivity contribution in [1.82, 2.24) is 10.7 Å². The number of hydrogen-bond donors (Lipinski definition) is 3. The molecule has 0 aliphatic carbocycles. The maximum atomic E-state index is 11.4. The van der Waals surface area contributed by atoms with Crippen LogP contribution >= 0.6 is 12.2 Å². The molecule has 0 unspecified atom stereocenters.